The molecule has 0 aromatic heterocycles. The van der Waals surface area contributed by atoms with E-state index in [-0.39, 0.29) is 17.9 Å². The summed E-state index contributed by atoms with van der Waals surface area (Å²) in [5.74, 6) is 0.762. The smallest absolute Gasteiger partial charge is 0.223 e. The molecule has 1 aliphatic rings. The lowest BCUT2D eigenvalue weighted by molar-refractivity contribution is -0.127. The first-order chi connectivity index (χ1) is 9.15. The lowest BCUT2D eigenvalue weighted by Crippen LogP contribution is -2.41. The molecule has 3 atom stereocenters. The first-order valence-corrected chi connectivity index (χ1v) is 7.76. The molecule has 0 heterocycles. The van der Waals surface area contributed by atoms with Gasteiger partial charge in [-0.25, -0.2) is 0 Å². The molecule has 0 bridgehead atoms. The number of hydrogen-bond acceptors (Lipinski definition) is 3. The van der Waals surface area contributed by atoms with E-state index in [1.54, 1.807) is 0 Å². The second kappa shape index (κ2) is 9.32. The zero-order valence-corrected chi connectivity index (χ0v) is 12.5. The average Bonchev–Trinajstić information content (AvgIpc) is 2.37. The Balaban J connectivity index is 2.07. The van der Waals surface area contributed by atoms with E-state index in [1.165, 1.54) is 6.42 Å². The van der Waals surface area contributed by atoms with Gasteiger partial charge in [-0.05, 0) is 38.0 Å². The lowest BCUT2D eigenvalue weighted by atomic mass is 9.78. The van der Waals surface area contributed by atoms with Crippen molar-refractivity contribution in [1.82, 2.24) is 5.32 Å². The standard InChI is InChI=1S/C15H30N2O2/c1-3-4-9-19-10-5-8-17-15(18)14-7-6-13(16)11-12(14)2/h12-14H,3-11,16H2,1-2H3,(H,17,18). The Hall–Kier alpha value is -0.610. The van der Waals surface area contributed by atoms with Gasteiger partial charge in [0.25, 0.3) is 0 Å². The van der Waals surface area contributed by atoms with E-state index in [1.807, 2.05) is 0 Å². The van der Waals surface area contributed by atoms with Crippen molar-refractivity contribution in [3.63, 3.8) is 0 Å². The largest absolute Gasteiger partial charge is 0.381 e. The molecule has 0 radical (unpaired) electrons. The molecule has 112 valence electrons. The molecule has 3 unspecified atom stereocenters. The second-order valence-electron chi connectivity index (χ2n) is 5.77. The van der Waals surface area contributed by atoms with Crippen molar-refractivity contribution in [2.45, 2.75) is 58.4 Å². The maximum Gasteiger partial charge on any atom is 0.223 e. The quantitative estimate of drug-likeness (QED) is 0.664. The summed E-state index contributed by atoms with van der Waals surface area (Å²) in [6.45, 7) is 6.59. The van der Waals surface area contributed by atoms with Gasteiger partial charge in [-0.15, -0.1) is 0 Å². The molecular weight excluding hydrogens is 240 g/mol. The Morgan fingerprint density at radius 1 is 1.32 bits per heavy atom. The van der Waals surface area contributed by atoms with Crippen LogP contribution in [0.4, 0.5) is 0 Å². The highest BCUT2D eigenvalue weighted by Crippen LogP contribution is 2.29. The normalized spacial score (nSPS) is 27.2. The third-order valence-corrected chi connectivity index (χ3v) is 3.95. The Bertz CT molecular complexity index is 259. The van der Waals surface area contributed by atoms with Crippen molar-refractivity contribution < 1.29 is 9.53 Å². The van der Waals surface area contributed by atoms with Crippen LogP contribution in [-0.4, -0.2) is 31.7 Å². The molecule has 4 nitrogen and oxygen atoms in total. The first-order valence-electron chi connectivity index (χ1n) is 7.76. The molecule has 1 rings (SSSR count). The van der Waals surface area contributed by atoms with Crippen LogP contribution in [0.3, 0.4) is 0 Å². The molecule has 0 saturated heterocycles. The molecule has 1 saturated carbocycles. The molecule has 1 amide bonds. The van der Waals surface area contributed by atoms with Crippen LogP contribution in [0.1, 0.15) is 52.4 Å². The van der Waals surface area contributed by atoms with E-state index >= 15 is 0 Å². The molecule has 1 aliphatic carbocycles. The summed E-state index contributed by atoms with van der Waals surface area (Å²) in [5, 5.41) is 3.03. The third kappa shape index (κ3) is 6.39. The summed E-state index contributed by atoms with van der Waals surface area (Å²) in [6, 6.07) is 0.283. The Labute approximate surface area is 117 Å². The van der Waals surface area contributed by atoms with E-state index < -0.39 is 0 Å². The molecule has 0 aromatic rings. The number of carbonyl (C=O) groups excluding carboxylic acids is 1. The van der Waals surface area contributed by atoms with Crippen LogP contribution in [0.5, 0.6) is 0 Å². The van der Waals surface area contributed by atoms with Gasteiger partial charge >= 0.3 is 0 Å². The number of nitrogens with one attached hydrogen (secondary N) is 1. The number of rotatable bonds is 8. The van der Waals surface area contributed by atoms with Crippen molar-refractivity contribution >= 4 is 5.91 Å². The van der Waals surface area contributed by atoms with Crippen molar-refractivity contribution in [3.05, 3.63) is 0 Å². The average molecular weight is 270 g/mol. The number of ether oxygens (including phenoxy) is 1. The van der Waals surface area contributed by atoms with E-state index in [0.717, 1.165) is 51.9 Å². The van der Waals surface area contributed by atoms with Crippen molar-refractivity contribution in [3.8, 4) is 0 Å². The summed E-state index contributed by atoms with van der Waals surface area (Å²) in [5.41, 5.74) is 5.92. The SMILES string of the molecule is CCCCOCCCNC(=O)C1CCC(N)CC1C. The van der Waals surface area contributed by atoms with Crippen LogP contribution in [0.2, 0.25) is 0 Å². The fraction of sp³-hybridized carbons (Fsp3) is 0.933. The minimum absolute atomic E-state index is 0.154. The van der Waals surface area contributed by atoms with Gasteiger partial charge in [-0.2, -0.15) is 0 Å². The van der Waals surface area contributed by atoms with Crippen LogP contribution in [0, 0.1) is 11.8 Å². The van der Waals surface area contributed by atoms with Gasteiger partial charge in [-0.3, -0.25) is 4.79 Å². The molecular formula is C15H30N2O2. The summed E-state index contributed by atoms with van der Waals surface area (Å²) >= 11 is 0. The first kappa shape index (κ1) is 16.4. The Morgan fingerprint density at radius 2 is 2.05 bits per heavy atom. The van der Waals surface area contributed by atoms with Crippen molar-refractivity contribution in [2.24, 2.45) is 17.6 Å². The maximum atomic E-state index is 12.1. The fourth-order valence-corrected chi connectivity index (χ4v) is 2.69. The van der Waals surface area contributed by atoms with Crippen LogP contribution >= 0.6 is 0 Å². The number of nitrogens with two attached hydrogens (primary N) is 1. The molecule has 19 heavy (non-hydrogen) atoms. The Morgan fingerprint density at radius 3 is 2.74 bits per heavy atom. The number of unbranched alkanes of at least 4 members (excludes halogenated alkanes) is 1. The predicted octanol–water partition coefficient (Wildman–Crippen LogP) is 2.07. The second-order valence-corrected chi connectivity index (χ2v) is 5.77. The van der Waals surface area contributed by atoms with E-state index in [2.05, 4.69) is 19.2 Å². The highest BCUT2D eigenvalue weighted by Gasteiger charge is 2.30. The molecule has 0 spiro atoms. The van der Waals surface area contributed by atoms with E-state index in [9.17, 15) is 4.79 Å². The molecule has 0 aromatic carbocycles. The zero-order chi connectivity index (χ0) is 14.1. The van der Waals surface area contributed by atoms with E-state index in [4.69, 9.17) is 10.5 Å². The third-order valence-electron chi connectivity index (χ3n) is 3.95. The minimum Gasteiger partial charge on any atom is -0.381 e. The summed E-state index contributed by atoms with van der Waals surface area (Å²) in [7, 11) is 0. The summed E-state index contributed by atoms with van der Waals surface area (Å²) in [6.07, 6.45) is 6.06. The summed E-state index contributed by atoms with van der Waals surface area (Å²) in [4.78, 5) is 12.1. The maximum absolute atomic E-state index is 12.1. The highest BCUT2D eigenvalue weighted by atomic mass is 16.5. The number of hydrogen-bond donors (Lipinski definition) is 2. The minimum atomic E-state index is 0.154. The Kier molecular flexibility index (Phi) is 8.07. The van der Waals surface area contributed by atoms with Gasteiger partial charge in [0.1, 0.15) is 0 Å². The number of amides is 1. The lowest BCUT2D eigenvalue weighted by Gasteiger charge is -2.31. The van der Waals surface area contributed by atoms with Crippen LogP contribution in [0.25, 0.3) is 0 Å². The van der Waals surface area contributed by atoms with Crippen LogP contribution in [0.15, 0.2) is 0 Å². The van der Waals surface area contributed by atoms with Gasteiger partial charge < -0.3 is 15.8 Å². The van der Waals surface area contributed by atoms with Crippen molar-refractivity contribution in [1.29, 1.82) is 0 Å². The monoisotopic (exact) mass is 270 g/mol. The van der Waals surface area contributed by atoms with Crippen LogP contribution in [-0.2, 0) is 9.53 Å². The molecule has 1 fully saturated rings. The molecule has 4 heteroatoms. The van der Waals surface area contributed by atoms with Gasteiger partial charge in [0, 0.05) is 31.7 Å². The van der Waals surface area contributed by atoms with Crippen LogP contribution < -0.4 is 11.1 Å². The predicted molar refractivity (Wildman–Crippen MR) is 77.8 cm³/mol. The van der Waals surface area contributed by atoms with Gasteiger partial charge in [0.05, 0.1) is 0 Å². The zero-order valence-electron chi connectivity index (χ0n) is 12.5. The van der Waals surface area contributed by atoms with Gasteiger partial charge in [0.2, 0.25) is 5.91 Å². The molecule has 3 N–H and O–H groups in total. The van der Waals surface area contributed by atoms with Crippen molar-refractivity contribution in [2.75, 3.05) is 19.8 Å². The molecule has 0 aliphatic heterocycles. The topological polar surface area (TPSA) is 64.3 Å². The van der Waals surface area contributed by atoms with Gasteiger partial charge in [-0.1, -0.05) is 20.3 Å². The van der Waals surface area contributed by atoms with Gasteiger partial charge in [0.15, 0.2) is 0 Å². The highest BCUT2D eigenvalue weighted by molar-refractivity contribution is 5.79. The summed E-state index contributed by atoms with van der Waals surface area (Å²) < 4.78 is 5.47. The number of carbonyl (C=O) groups is 1. The van der Waals surface area contributed by atoms with E-state index in [0.29, 0.717) is 5.92 Å². The fourth-order valence-electron chi connectivity index (χ4n) is 2.69.